The molecule has 0 spiro atoms. The van der Waals surface area contributed by atoms with Crippen molar-refractivity contribution in [1.29, 1.82) is 0 Å². The number of halogens is 4. The van der Waals surface area contributed by atoms with Crippen molar-refractivity contribution in [2.75, 3.05) is 6.61 Å². The molecular formula is C13H18ClF3N2O2. The van der Waals surface area contributed by atoms with Gasteiger partial charge in [-0.2, -0.15) is 13.2 Å². The third kappa shape index (κ3) is 8.41. The van der Waals surface area contributed by atoms with E-state index in [-0.39, 0.29) is 43.1 Å². The Bertz CT molecular complexity index is 453. The first kappa shape index (κ1) is 19.5. The predicted molar refractivity (Wildman–Crippen MR) is 75.4 cm³/mol. The molecule has 0 aromatic heterocycles. The molecule has 0 saturated heterocycles. The minimum absolute atomic E-state index is 0. The fourth-order valence-corrected chi connectivity index (χ4v) is 1.51. The number of benzene rings is 1. The lowest BCUT2D eigenvalue weighted by Gasteiger charge is -2.14. The lowest BCUT2D eigenvalue weighted by atomic mass is 10.2. The molecule has 21 heavy (non-hydrogen) atoms. The Morgan fingerprint density at radius 3 is 2.57 bits per heavy atom. The van der Waals surface area contributed by atoms with Gasteiger partial charge in [0.1, 0.15) is 5.75 Å². The maximum Gasteiger partial charge on any atom is 0.422 e. The summed E-state index contributed by atoms with van der Waals surface area (Å²) in [5, 5.41) is 2.59. The molecule has 0 saturated carbocycles. The number of amides is 1. The van der Waals surface area contributed by atoms with Gasteiger partial charge >= 0.3 is 6.18 Å². The number of nitrogens with one attached hydrogen (secondary N) is 1. The molecule has 3 N–H and O–H groups in total. The van der Waals surface area contributed by atoms with Gasteiger partial charge in [0.15, 0.2) is 6.61 Å². The van der Waals surface area contributed by atoms with Gasteiger partial charge in [0.25, 0.3) is 0 Å². The number of ether oxygens (including phenoxy) is 1. The summed E-state index contributed by atoms with van der Waals surface area (Å²) in [6, 6.07) is 5.98. The highest BCUT2D eigenvalue weighted by Gasteiger charge is 2.28. The van der Waals surface area contributed by atoms with E-state index in [0.29, 0.717) is 5.56 Å². The van der Waals surface area contributed by atoms with Crippen LogP contribution in [0.25, 0.3) is 0 Å². The number of hydrogen-bond donors (Lipinski definition) is 2. The SMILES string of the molecule is CC(N)CC(=O)NCc1ccccc1OCC(F)(F)F.Cl. The van der Waals surface area contributed by atoms with Gasteiger partial charge in [-0.1, -0.05) is 18.2 Å². The topological polar surface area (TPSA) is 64.4 Å². The average Bonchev–Trinajstić information content (AvgIpc) is 2.33. The molecular weight excluding hydrogens is 309 g/mol. The van der Waals surface area contributed by atoms with Gasteiger partial charge in [-0.15, -0.1) is 12.4 Å². The van der Waals surface area contributed by atoms with E-state index < -0.39 is 12.8 Å². The number of hydrogen-bond acceptors (Lipinski definition) is 3. The summed E-state index contributed by atoms with van der Waals surface area (Å²) < 4.78 is 41.1. The first-order valence-corrected chi connectivity index (χ1v) is 6.07. The summed E-state index contributed by atoms with van der Waals surface area (Å²) in [6.45, 7) is 0.428. The highest BCUT2D eigenvalue weighted by atomic mass is 35.5. The van der Waals surface area contributed by atoms with Crippen LogP contribution >= 0.6 is 12.4 Å². The van der Waals surface area contributed by atoms with Crippen LogP contribution in [0.5, 0.6) is 5.75 Å². The number of carbonyl (C=O) groups excluding carboxylic acids is 1. The lowest BCUT2D eigenvalue weighted by Crippen LogP contribution is -2.29. The molecule has 0 bridgehead atoms. The highest BCUT2D eigenvalue weighted by Crippen LogP contribution is 2.22. The highest BCUT2D eigenvalue weighted by molar-refractivity contribution is 5.85. The van der Waals surface area contributed by atoms with Gasteiger partial charge in [0, 0.05) is 24.6 Å². The third-order valence-corrected chi connectivity index (χ3v) is 2.35. The van der Waals surface area contributed by atoms with Crippen molar-refractivity contribution < 1.29 is 22.7 Å². The van der Waals surface area contributed by atoms with Crippen molar-refractivity contribution in [3.63, 3.8) is 0 Å². The number of rotatable bonds is 6. The molecule has 0 radical (unpaired) electrons. The summed E-state index contributed by atoms with van der Waals surface area (Å²) in [7, 11) is 0. The average molecular weight is 327 g/mol. The van der Waals surface area contributed by atoms with Crippen molar-refractivity contribution in [3.05, 3.63) is 29.8 Å². The molecule has 0 aliphatic carbocycles. The van der Waals surface area contributed by atoms with E-state index in [4.69, 9.17) is 10.5 Å². The zero-order valence-electron chi connectivity index (χ0n) is 11.4. The zero-order chi connectivity index (χ0) is 15.2. The standard InChI is InChI=1S/C13H17F3N2O2.ClH/c1-9(17)6-12(19)18-7-10-4-2-3-5-11(10)20-8-13(14,15)16;/h2-5,9H,6-8,17H2,1H3,(H,18,19);1H. The minimum atomic E-state index is -4.40. The molecule has 0 aliphatic heterocycles. The lowest BCUT2D eigenvalue weighted by molar-refractivity contribution is -0.153. The van der Waals surface area contributed by atoms with Gasteiger partial charge in [0.2, 0.25) is 5.91 Å². The monoisotopic (exact) mass is 326 g/mol. The first-order chi connectivity index (χ1) is 9.28. The van der Waals surface area contributed by atoms with Crippen molar-refractivity contribution in [2.45, 2.75) is 32.1 Å². The number of para-hydroxylation sites is 1. The van der Waals surface area contributed by atoms with E-state index in [0.717, 1.165) is 0 Å². The maximum atomic E-state index is 12.1. The van der Waals surface area contributed by atoms with E-state index in [1.54, 1.807) is 25.1 Å². The van der Waals surface area contributed by atoms with Crippen molar-refractivity contribution in [3.8, 4) is 5.75 Å². The predicted octanol–water partition coefficient (Wildman–Crippen LogP) is 2.40. The Kier molecular flexibility index (Phi) is 8.12. The molecule has 120 valence electrons. The first-order valence-electron chi connectivity index (χ1n) is 6.07. The van der Waals surface area contributed by atoms with Crippen LogP contribution in [0.2, 0.25) is 0 Å². The molecule has 1 unspecified atom stereocenters. The largest absolute Gasteiger partial charge is 0.484 e. The molecule has 1 aromatic rings. The zero-order valence-corrected chi connectivity index (χ0v) is 12.3. The summed E-state index contributed by atoms with van der Waals surface area (Å²) in [4.78, 5) is 11.4. The van der Waals surface area contributed by atoms with Crippen LogP contribution in [-0.4, -0.2) is 24.7 Å². The Balaban J connectivity index is 0.00000400. The Morgan fingerprint density at radius 1 is 1.38 bits per heavy atom. The number of alkyl halides is 3. The normalized spacial score (nSPS) is 12.2. The fraction of sp³-hybridized carbons (Fsp3) is 0.462. The van der Waals surface area contributed by atoms with E-state index in [1.165, 1.54) is 6.07 Å². The molecule has 0 aliphatic rings. The summed E-state index contributed by atoms with van der Waals surface area (Å²) >= 11 is 0. The Morgan fingerprint density at radius 2 is 2.00 bits per heavy atom. The van der Waals surface area contributed by atoms with Crippen molar-refractivity contribution in [2.24, 2.45) is 5.73 Å². The van der Waals surface area contributed by atoms with Gasteiger partial charge in [0.05, 0.1) is 0 Å². The van der Waals surface area contributed by atoms with Gasteiger partial charge in [-0.3, -0.25) is 4.79 Å². The van der Waals surface area contributed by atoms with Crippen LogP contribution in [0, 0.1) is 0 Å². The fourth-order valence-electron chi connectivity index (χ4n) is 1.51. The van der Waals surface area contributed by atoms with Gasteiger partial charge < -0.3 is 15.8 Å². The summed E-state index contributed by atoms with van der Waals surface area (Å²) in [6.07, 6.45) is -4.24. The molecule has 4 nitrogen and oxygen atoms in total. The second-order valence-corrected chi connectivity index (χ2v) is 4.47. The molecule has 1 aromatic carbocycles. The van der Waals surface area contributed by atoms with E-state index in [2.05, 4.69) is 5.32 Å². The minimum Gasteiger partial charge on any atom is -0.484 e. The second-order valence-electron chi connectivity index (χ2n) is 4.47. The smallest absolute Gasteiger partial charge is 0.422 e. The van der Waals surface area contributed by atoms with E-state index >= 15 is 0 Å². The third-order valence-electron chi connectivity index (χ3n) is 2.35. The molecule has 1 amide bonds. The van der Waals surface area contributed by atoms with Crippen LogP contribution in [0.15, 0.2) is 24.3 Å². The Hall–Kier alpha value is -1.47. The second kappa shape index (κ2) is 8.74. The van der Waals surface area contributed by atoms with Crippen LogP contribution in [0.3, 0.4) is 0 Å². The van der Waals surface area contributed by atoms with Crippen molar-refractivity contribution in [1.82, 2.24) is 5.32 Å². The van der Waals surface area contributed by atoms with Crippen molar-refractivity contribution >= 4 is 18.3 Å². The van der Waals surface area contributed by atoms with Crippen LogP contribution in [-0.2, 0) is 11.3 Å². The summed E-state index contributed by atoms with van der Waals surface area (Å²) in [5.74, 6) is -0.156. The van der Waals surface area contributed by atoms with E-state index in [9.17, 15) is 18.0 Å². The molecule has 1 atom stereocenters. The van der Waals surface area contributed by atoms with Gasteiger partial charge in [-0.05, 0) is 13.0 Å². The molecule has 8 heteroatoms. The van der Waals surface area contributed by atoms with Crippen LogP contribution < -0.4 is 15.8 Å². The van der Waals surface area contributed by atoms with Crippen LogP contribution in [0.4, 0.5) is 13.2 Å². The maximum absolute atomic E-state index is 12.1. The Labute approximate surface area is 127 Å². The number of carbonyl (C=O) groups is 1. The molecule has 1 rings (SSSR count). The molecule has 0 fully saturated rings. The van der Waals surface area contributed by atoms with E-state index in [1.807, 2.05) is 0 Å². The quantitative estimate of drug-likeness (QED) is 0.843. The summed E-state index contributed by atoms with van der Waals surface area (Å²) in [5.41, 5.74) is 5.96. The van der Waals surface area contributed by atoms with Gasteiger partial charge in [-0.25, -0.2) is 0 Å². The molecule has 0 heterocycles. The van der Waals surface area contributed by atoms with Crippen LogP contribution in [0.1, 0.15) is 18.9 Å². The number of nitrogens with two attached hydrogens (primary N) is 1.